The number of nitrogens with zero attached hydrogens (tertiary/aromatic N) is 2. The van der Waals surface area contributed by atoms with Crippen molar-refractivity contribution >= 4 is 41.5 Å². The number of morpholine rings is 1. The minimum atomic E-state index is 0. The summed E-state index contributed by atoms with van der Waals surface area (Å²) in [5.41, 5.74) is 1.40. The van der Waals surface area contributed by atoms with E-state index in [-0.39, 0.29) is 29.4 Å². The molecule has 0 radical (unpaired) electrons. The zero-order valence-electron chi connectivity index (χ0n) is 15.5. The predicted octanol–water partition coefficient (Wildman–Crippen LogP) is 2.88. The number of halogens is 2. The Morgan fingerprint density at radius 3 is 2.58 bits per heavy atom. The molecule has 0 unspecified atom stereocenters. The van der Waals surface area contributed by atoms with E-state index in [0.29, 0.717) is 0 Å². The normalized spacial score (nSPS) is 20.0. The molecule has 26 heavy (non-hydrogen) atoms. The molecule has 2 aliphatic rings. The second kappa shape index (κ2) is 10.7. The second-order valence-electron chi connectivity index (χ2n) is 6.92. The topological polar surface area (TPSA) is 48.9 Å². The summed E-state index contributed by atoms with van der Waals surface area (Å²) in [6.07, 6.45) is 3.61. The lowest BCUT2D eigenvalue weighted by Crippen LogP contribution is -2.50. The quantitative estimate of drug-likeness (QED) is 0.364. The lowest BCUT2D eigenvalue weighted by atomic mass is 9.64. The van der Waals surface area contributed by atoms with Crippen LogP contribution in [0.4, 0.5) is 0 Å². The van der Waals surface area contributed by atoms with E-state index in [0.717, 1.165) is 56.9 Å². The molecule has 0 atom stereocenters. The van der Waals surface area contributed by atoms with Crippen LogP contribution in [0.25, 0.3) is 0 Å². The first kappa shape index (κ1) is 21.7. The summed E-state index contributed by atoms with van der Waals surface area (Å²) in [6.45, 7) is 6.49. The molecule has 1 aromatic carbocycles. The van der Waals surface area contributed by atoms with Gasteiger partial charge in [0, 0.05) is 50.2 Å². The molecule has 2 fully saturated rings. The summed E-state index contributed by atoms with van der Waals surface area (Å²) in [6, 6.07) is 8.23. The van der Waals surface area contributed by atoms with Crippen LogP contribution in [0, 0.1) is 0 Å². The number of benzene rings is 1. The molecule has 1 saturated carbocycles. The van der Waals surface area contributed by atoms with Gasteiger partial charge in [-0.05, 0) is 24.5 Å². The van der Waals surface area contributed by atoms with Gasteiger partial charge in [-0.1, -0.05) is 36.2 Å². The van der Waals surface area contributed by atoms with Crippen LogP contribution >= 0.6 is 35.6 Å². The molecular formula is C19H30ClIN4O. The molecule has 3 rings (SSSR count). The van der Waals surface area contributed by atoms with Gasteiger partial charge >= 0.3 is 0 Å². The van der Waals surface area contributed by atoms with Gasteiger partial charge in [-0.15, -0.1) is 24.0 Å². The van der Waals surface area contributed by atoms with E-state index in [4.69, 9.17) is 16.3 Å². The zero-order valence-corrected chi connectivity index (χ0v) is 18.6. The summed E-state index contributed by atoms with van der Waals surface area (Å²) in [5.74, 6) is 0.867. The number of nitrogens with one attached hydrogen (secondary N) is 2. The molecule has 1 aliphatic carbocycles. The number of ether oxygens (including phenoxy) is 1. The highest BCUT2D eigenvalue weighted by atomic mass is 127. The molecule has 2 N–H and O–H groups in total. The van der Waals surface area contributed by atoms with Crippen LogP contribution in [0.5, 0.6) is 0 Å². The Hall–Kier alpha value is -0.570. The highest BCUT2D eigenvalue weighted by molar-refractivity contribution is 14.0. The van der Waals surface area contributed by atoms with E-state index in [9.17, 15) is 0 Å². The Labute approximate surface area is 178 Å². The van der Waals surface area contributed by atoms with E-state index >= 15 is 0 Å². The standard InChI is InChI=1S/C19H29ClN4O.HI/c1-21-18(22-9-10-24-11-13-25-14-12-24)23-15-19(7-4-8-19)16-5-2-3-6-17(16)20;/h2-3,5-6H,4,7-15H2,1H3,(H2,21,22,23);1H. The van der Waals surface area contributed by atoms with Gasteiger partial charge in [0.25, 0.3) is 0 Å². The molecule has 7 heteroatoms. The van der Waals surface area contributed by atoms with Gasteiger partial charge in [0.2, 0.25) is 0 Å². The molecule has 0 amide bonds. The summed E-state index contributed by atoms with van der Waals surface area (Å²) in [4.78, 5) is 6.78. The van der Waals surface area contributed by atoms with Crippen LogP contribution in [0.1, 0.15) is 24.8 Å². The van der Waals surface area contributed by atoms with Gasteiger partial charge in [0.15, 0.2) is 5.96 Å². The lowest BCUT2D eigenvalue weighted by molar-refractivity contribution is 0.0389. The average Bonchev–Trinajstić information content (AvgIpc) is 2.61. The van der Waals surface area contributed by atoms with Gasteiger partial charge in [-0.2, -0.15) is 0 Å². The first-order valence-corrected chi connectivity index (χ1v) is 9.61. The fourth-order valence-electron chi connectivity index (χ4n) is 3.67. The highest BCUT2D eigenvalue weighted by Gasteiger charge is 2.39. The highest BCUT2D eigenvalue weighted by Crippen LogP contribution is 2.45. The van der Waals surface area contributed by atoms with E-state index in [1.54, 1.807) is 0 Å². The van der Waals surface area contributed by atoms with Crippen molar-refractivity contribution in [2.75, 3.05) is 53.0 Å². The number of hydrogen-bond acceptors (Lipinski definition) is 3. The largest absolute Gasteiger partial charge is 0.379 e. The molecule has 0 spiro atoms. The van der Waals surface area contributed by atoms with E-state index in [1.807, 2.05) is 19.2 Å². The Bertz CT molecular complexity index is 589. The molecule has 146 valence electrons. The van der Waals surface area contributed by atoms with Gasteiger partial charge in [0.1, 0.15) is 0 Å². The average molecular weight is 493 g/mol. The van der Waals surface area contributed by atoms with Crippen molar-refractivity contribution < 1.29 is 4.74 Å². The van der Waals surface area contributed by atoms with E-state index < -0.39 is 0 Å². The Balaban J connectivity index is 0.00000243. The molecule has 5 nitrogen and oxygen atoms in total. The van der Waals surface area contributed by atoms with Crippen molar-refractivity contribution in [1.29, 1.82) is 0 Å². The Morgan fingerprint density at radius 2 is 1.96 bits per heavy atom. The van der Waals surface area contributed by atoms with Gasteiger partial charge in [0.05, 0.1) is 13.2 Å². The van der Waals surface area contributed by atoms with Crippen LogP contribution in [0.3, 0.4) is 0 Å². The van der Waals surface area contributed by atoms with Gasteiger partial charge in [-0.25, -0.2) is 0 Å². The van der Waals surface area contributed by atoms with Crippen molar-refractivity contribution in [3.8, 4) is 0 Å². The fourth-order valence-corrected chi connectivity index (χ4v) is 4.00. The van der Waals surface area contributed by atoms with Crippen LogP contribution in [0.15, 0.2) is 29.3 Å². The second-order valence-corrected chi connectivity index (χ2v) is 7.33. The summed E-state index contributed by atoms with van der Waals surface area (Å²) >= 11 is 6.45. The van der Waals surface area contributed by atoms with Crippen LogP contribution < -0.4 is 10.6 Å². The maximum Gasteiger partial charge on any atom is 0.191 e. The monoisotopic (exact) mass is 492 g/mol. The molecule has 1 saturated heterocycles. The molecule has 0 bridgehead atoms. The predicted molar refractivity (Wildman–Crippen MR) is 119 cm³/mol. The van der Waals surface area contributed by atoms with Crippen molar-refractivity contribution in [2.24, 2.45) is 4.99 Å². The zero-order chi connectivity index (χ0) is 17.5. The molecule has 1 aliphatic heterocycles. The molecule has 0 aromatic heterocycles. The Kier molecular flexibility index (Phi) is 8.93. The van der Waals surface area contributed by atoms with Crippen molar-refractivity contribution in [3.63, 3.8) is 0 Å². The van der Waals surface area contributed by atoms with Crippen molar-refractivity contribution in [3.05, 3.63) is 34.9 Å². The smallest absolute Gasteiger partial charge is 0.191 e. The third-order valence-corrected chi connectivity index (χ3v) is 5.73. The van der Waals surface area contributed by atoms with Crippen LogP contribution in [0.2, 0.25) is 5.02 Å². The SMILES string of the molecule is CN=C(NCCN1CCOCC1)NCC1(c2ccccc2Cl)CCC1.I. The van der Waals surface area contributed by atoms with Crippen molar-refractivity contribution in [1.82, 2.24) is 15.5 Å². The number of rotatable bonds is 6. The summed E-state index contributed by atoms with van der Waals surface area (Å²) < 4.78 is 5.39. The lowest BCUT2D eigenvalue weighted by Gasteiger charge is -2.43. The van der Waals surface area contributed by atoms with E-state index in [2.05, 4.69) is 32.7 Å². The third-order valence-electron chi connectivity index (χ3n) is 5.40. The number of guanidine groups is 1. The van der Waals surface area contributed by atoms with E-state index in [1.165, 1.54) is 24.8 Å². The number of aliphatic imine (C=N–C) groups is 1. The van der Waals surface area contributed by atoms with Crippen molar-refractivity contribution in [2.45, 2.75) is 24.7 Å². The first-order chi connectivity index (χ1) is 12.2. The molecular weight excluding hydrogens is 463 g/mol. The van der Waals surface area contributed by atoms with Gasteiger partial charge in [-0.3, -0.25) is 9.89 Å². The Morgan fingerprint density at radius 1 is 1.23 bits per heavy atom. The maximum atomic E-state index is 6.45. The molecule has 1 aromatic rings. The minimum Gasteiger partial charge on any atom is -0.379 e. The molecule has 1 heterocycles. The number of hydrogen-bond donors (Lipinski definition) is 2. The van der Waals surface area contributed by atoms with Crippen LogP contribution in [-0.2, 0) is 10.2 Å². The maximum absolute atomic E-state index is 6.45. The summed E-state index contributed by atoms with van der Waals surface area (Å²) in [7, 11) is 1.83. The minimum absolute atomic E-state index is 0. The first-order valence-electron chi connectivity index (χ1n) is 9.23. The summed E-state index contributed by atoms with van der Waals surface area (Å²) in [5, 5.41) is 7.81. The van der Waals surface area contributed by atoms with Crippen LogP contribution in [-0.4, -0.2) is 63.8 Å². The van der Waals surface area contributed by atoms with Gasteiger partial charge < -0.3 is 15.4 Å². The third kappa shape index (κ3) is 5.47. The fraction of sp³-hybridized carbons (Fsp3) is 0.632.